The van der Waals surface area contributed by atoms with Crippen LogP contribution in [0, 0.1) is 0 Å². The van der Waals surface area contributed by atoms with Crippen LogP contribution in [0.15, 0.2) is 30.3 Å². The summed E-state index contributed by atoms with van der Waals surface area (Å²) in [5.41, 5.74) is 1.60. The lowest BCUT2D eigenvalue weighted by Crippen LogP contribution is -2.15. The van der Waals surface area contributed by atoms with Gasteiger partial charge in [-0.2, -0.15) is 0 Å². The molecule has 0 amide bonds. The maximum absolute atomic E-state index is 12.3. The van der Waals surface area contributed by atoms with Gasteiger partial charge in [-0.25, -0.2) is 0 Å². The molecule has 0 saturated heterocycles. The van der Waals surface area contributed by atoms with E-state index in [2.05, 4.69) is 0 Å². The minimum atomic E-state index is -0.799. The molecule has 1 saturated carbocycles. The van der Waals surface area contributed by atoms with E-state index in [-0.39, 0.29) is 47.7 Å². The van der Waals surface area contributed by atoms with Crippen LogP contribution in [-0.2, 0) is 17.6 Å². The summed E-state index contributed by atoms with van der Waals surface area (Å²) in [6.07, 6.45) is 4.92. The monoisotopic (exact) mass is 444 g/mol. The molecule has 0 aliphatic heterocycles. The zero-order valence-electron chi connectivity index (χ0n) is 18.4. The van der Waals surface area contributed by atoms with Crippen molar-refractivity contribution in [3.05, 3.63) is 41.5 Å². The van der Waals surface area contributed by atoms with Gasteiger partial charge in [-0.1, -0.05) is 6.07 Å². The zero-order chi connectivity index (χ0) is 23.1. The van der Waals surface area contributed by atoms with E-state index in [0.29, 0.717) is 25.0 Å². The number of hydrogen-bond acceptors (Lipinski definition) is 7. The highest BCUT2D eigenvalue weighted by Crippen LogP contribution is 2.39. The highest BCUT2D eigenvalue weighted by molar-refractivity contribution is 5.79. The Balaban J connectivity index is 1.48. The van der Waals surface area contributed by atoms with Crippen LogP contribution >= 0.6 is 0 Å². The van der Waals surface area contributed by atoms with Crippen molar-refractivity contribution < 1.29 is 34.7 Å². The number of Topliss-reactive ketones (excluding diaryl/α,β-unsaturated/α-hetero) is 1. The number of ketones is 1. The number of phenolic OH excluding ortho intramolecular Hbond substituents is 3. The average molecular weight is 445 g/mol. The van der Waals surface area contributed by atoms with Crippen LogP contribution in [0.25, 0.3) is 0 Å². The van der Waals surface area contributed by atoms with E-state index in [0.717, 1.165) is 36.8 Å². The predicted octanol–water partition coefficient (Wildman–Crippen LogP) is 4.02. The molecule has 32 heavy (non-hydrogen) atoms. The van der Waals surface area contributed by atoms with Crippen molar-refractivity contribution in [2.45, 2.75) is 70.0 Å². The standard InChI is InChI=1S/C25H32O7/c1-31-23-13-16(8-11-21(23)28)6-9-18(26)15-19(27)10-7-17-12-22(29)25(30)24(14-17)32-20-4-2-3-5-20/h8,11-14,19-20,27-30H,2-7,9-10,15H2,1H3. The molecule has 2 aromatic carbocycles. The second-order valence-electron chi connectivity index (χ2n) is 8.43. The first-order chi connectivity index (χ1) is 15.4. The number of methoxy groups -OCH3 is 1. The normalized spacial score (nSPS) is 14.9. The van der Waals surface area contributed by atoms with Gasteiger partial charge in [-0.15, -0.1) is 0 Å². The Morgan fingerprint density at radius 3 is 2.44 bits per heavy atom. The van der Waals surface area contributed by atoms with Crippen molar-refractivity contribution in [1.29, 1.82) is 0 Å². The summed E-state index contributed by atoms with van der Waals surface area (Å²) in [5, 5.41) is 40.1. The molecule has 7 nitrogen and oxygen atoms in total. The van der Waals surface area contributed by atoms with Crippen molar-refractivity contribution in [3.8, 4) is 28.7 Å². The molecule has 0 bridgehead atoms. The Bertz CT molecular complexity index is 919. The predicted molar refractivity (Wildman–Crippen MR) is 120 cm³/mol. The highest BCUT2D eigenvalue weighted by atomic mass is 16.5. The van der Waals surface area contributed by atoms with Gasteiger partial charge in [-0.05, 0) is 80.3 Å². The Hall–Kier alpha value is -2.93. The smallest absolute Gasteiger partial charge is 0.200 e. The number of aromatic hydroxyl groups is 3. The van der Waals surface area contributed by atoms with Crippen LogP contribution in [0.1, 0.15) is 56.1 Å². The van der Waals surface area contributed by atoms with E-state index in [9.17, 15) is 25.2 Å². The molecule has 0 spiro atoms. The molecule has 4 N–H and O–H groups in total. The Morgan fingerprint density at radius 2 is 1.72 bits per heavy atom. The fourth-order valence-electron chi connectivity index (χ4n) is 4.03. The van der Waals surface area contributed by atoms with E-state index in [1.165, 1.54) is 19.2 Å². The molecule has 0 heterocycles. The van der Waals surface area contributed by atoms with Crippen LogP contribution in [0.4, 0.5) is 0 Å². The van der Waals surface area contributed by atoms with Crippen LogP contribution in [0.5, 0.6) is 28.7 Å². The second kappa shape index (κ2) is 11.1. The first-order valence-corrected chi connectivity index (χ1v) is 11.1. The molecule has 1 aliphatic rings. The molecular formula is C25H32O7. The minimum Gasteiger partial charge on any atom is -0.504 e. The summed E-state index contributed by atoms with van der Waals surface area (Å²) < 4.78 is 10.9. The number of carbonyl (C=O) groups is 1. The second-order valence-corrected chi connectivity index (χ2v) is 8.43. The lowest BCUT2D eigenvalue weighted by Gasteiger charge is -2.16. The Morgan fingerprint density at radius 1 is 1.00 bits per heavy atom. The molecule has 7 heteroatoms. The van der Waals surface area contributed by atoms with Gasteiger partial charge in [0.1, 0.15) is 5.78 Å². The SMILES string of the molecule is COc1cc(CCC(=O)CC(O)CCc2cc(O)c(O)c(OC3CCCC3)c2)ccc1O. The molecule has 0 aromatic heterocycles. The van der Waals surface area contributed by atoms with E-state index in [1.54, 1.807) is 18.2 Å². The third-order valence-electron chi connectivity index (χ3n) is 5.88. The minimum absolute atomic E-state index is 0.0463. The largest absolute Gasteiger partial charge is 0.504 e. The first-order valence-electron chi connectivity index (χ1n) is 11.1. The lowest BCUT2D eigenvalue weighted by molar-refractivity contribution is -0.121. The number of benzene rings is 2. The summed E-state index contributed by atoms with van der Waals surface area (Å²) in [4.78, 5) is 12.3. The zero-order valence-corrected chi connectivity index (χ0v) is 18.4. The van der Waals surface area contributed by atoms with Crippen molar-refractivity contribution in [1.82, 2.24) is 0 Å². The van der Waals surface area contributed by atoms with Crippen molar-refractivity contribution in [2.75, 3.05) is 7.11 Å². The van der Waals surface area contributed by atoms with Crippen LogP contribution < -0.4 is 9.47 Å². The van der Waals surface area contributed by atoms with E-state index < -0.39 is 6.10 Å². The average Bonchev–Trinajstić information content (AvgIpc) is 3.28. The molecule has 2 aromatic rings. The Labute approximate surface area is 188 Å². The lowest BCUT2D eigenvalue weighted by atomic mass is 9.99. The number of carbonyl (C=O) groups excluding carboxylic acids is 1. The first kappa shape index (κ1) is 23.7. The number of aryl methyl sites for hydroxylation is 2. The molecule has 0 radical (unpaired) electrons. The van der Waals surface area contributed by atoms with Crippen LogP contribution in [0.3, 0.4) is 0 Å². The summed E-state index contributed by atoms with van der Waals surface area (Å²) in [5.74, 6) is 0.122. The molecule has 1 fully saturated rings. The molecule has 3 rings (SSSR count). The third-order valence-corrected chi connectivity index (χ3v) is 5.88. The van der Waals surface area contributed by atoms with Gasteiger partial charge in [0.15, 0.2) is 23.0 Å². The molecular weight excluding hydrogens is 412 g/mol. The quantitative estimate of drug-likeness (QED) is 0.387. The van der Waals surface area contributed by atoms with Gasteiger partial charge in [-0.3, -0.25) is 4.79 Å². The molecule has 1 atom stereocenters. The number of phenols is 3. The third kappa shape index (κ3) is 6.53. The summed E-state index contributed by atoms with van der Waals surface area (Å²) >= 11 is 0. The maximum Gasteiger partial charge on any atom is 0.200 e. The number of aliphatic hydroxyl groups is 1. The number of aliphatic hydroxyl groups excluding tert-OH is 1. The fourth-order valence-corrected chi connectivity index (χ4v) is 4.03. The van der Waals surface area contributed by atoms with Crippen LogP contribution in [-0.4, -0.2) is 45.5 Å². The highest BCUT2D eigenvalue weighted by Gasteiger charge is 2.20. The molecule has 174 valence electrons. The maximum atomic E-state index is 12.3. The van der Waals surface area contributed by atoms with E-state index in [1.807, 2.05) is 0 Å². The topological polar surface area (TPSA) is 116 Å². The van der Waals surface area contributed by atoms with Crippen molar-refractivity contribution in [2.24, 2.45) is 0 Å². The number of ether oxygens (including phenoxy) is 2. The van der Waals surface area contributed by atoms with E-state index >= 15 is 0 Å². The van der Waals surface area contributed by atoms with Crippen LogP contribution in [0.2, 0.25) is 0 Å². The van der Waals surface area contributed by atoms with Gasteiger partial charge >= 0.3 is 0 Å². The molecule has 1 aliphatic carbocycles. The summed E-state index contributed by atoms with van der Waals surface area (Å²) in [6, 6.07) is 8.13. The molecule has 1 unspecified atom stereocenters. The van der Waals surface area contributed by atoms with E-state index in [4.69, 9.17) is 9.47 Å². The van der Waals surface area contributed by atoms with Gasteiger partial charge in [0.25, 0.3) is 0 Å². The summed E-state index contributed by atoms with van der Waals surface area (Å²) in [7, 11) is 1.47. The van der Waals surface area contributed by atoms with Crippen molar-refractivity contribution in [3.63, 3.8) is 0 Å². The Kier molecular flexibility index (Phi) is 8.22. The van der Waals surface area contributed by atoms with Gasteiger partial charge in [0, 0.05) is 12.8 Å². The van der Waals surface area contributed by atoms with Gasteiger partial charge in [0.05, 0.1) is 19.3 Å². The number of hydrogen-bond donors (Lipinski definition) is 4. The number of rotatable bonds is 11. The van der Waals surface area contributed by atoms with Crippen molar-refractivity contribution >= 4 is 5.78 Å². The van der Waals surface area contributed by atoms with Gasteiger partial charge in [0.2, 0.25) is 5.75 Å². The summed E-state index contributed by atoms with van der Waals surface area (Å²) in [6.45, 7) is 0. The fraction of sp³-hybridized carbons (Fsp3) is 0.480. The van der Waals surface area contributed by atoms with Gasteiger partial charge < -0.3 is 29.9 Å².